The number of carbonyl (C=O) groups is 1. The number of rotatable bonds is 9. The number of hydrogen-bond acceptors (Lipinski definition) is 5. The lowest BCUT2D eigenvalue weighted by atomic mass is 9.99. The van der Waals surface area contributed by atoms with Crippen molar-refractivity contribution in [3.8, 4) is 17.2 Å². The maximum atomic E-state index is 12.0. The van der Waals surface area contributed by atoms with E-state index in [0.717, 1.165) is 12.0 Å². The van der Waals surface area contributed by atoms with Gasteiger partial charge in [0.2, 0.25) is 5.91 Å². The van der Waals surface area contributed by atoms with Gasteiger partial charge in [-0.15, -0.1) is 0 Å². The molecule has 23 heavy (non-hydrogen) atoms. The van der Waals surface area contributed by atoms with Crippen molar-refractivity contribution in [2.45, 2.75) is 32.7 Å². The predicted molar refractivity (Wildman–Crippen MR) is 90.2 cm³/mol. The first-order chi connectivity index (χ1) is 11.0. The Balaban J connectivity index is 2.76. The van der Waals surface area contributed by atoms with Crippen LogP contribution in [0.1, 0.15) is 25.8 Å². The second kappa shape index (κ2) is 9.25. The lowest BCUT2D eigenvalue weighted by molar-refractivity contribution is -0.123. The van der Waals surface area contributed by atoms with Crippen molar-refractivity contribution in [2.24, 2.45) is 11.7 Å². The minimum Gasteiger partial charge on any atom is -0.496 e. The van der Waals surface area contributed by atoms with Gasteiger partial charge in [-0.25, -0.2) is 0 Å². The molecule has 1 rings (SSSR count). The van der Waals surface area contributed by atoms with Crippen molar-refractivity contribution in [3.05, 3.63) is 17.7 Å². The molecule has 0 aliphatic carbocycles. The van der Waals surface area contributed by atoms with E-state index in [0.29, 0.717) is 30.2 Å². The monoisotopic (exact) mass is 324 g/mol. The molecular weight excluding hydrogens is 296 g/mol. The van der Waals surface area contributed by atoms with E-state index in [2.05, 4.69) is 5.32 Å². The summed E-state index contributed by atoms with van der Waals surface area (Å²) in [4.78, 5) is 12.0. The second-order valence-electron chi connectivity index (χ2n) is 5.46. The summed E-state index contributed by atoms with van der Waals surface area (Å²) >= 11 is 0. The first kappa shape index (κ1) is 19.1. The number of benzene rings is 1. The van der Waals surface area contributed by atoms with Gasteiger partial charge in [0.1, 0.15) is 17.2 Å². The molecule has 0 aliphatic rings. The van der Waals surface area contributed by atoms with Crippen LogP contribution < -0.4 is 25.3 Å². The number of carbonyl (C=O) groups excluding carboxylic acids is 1. The summed E-state index contributed by atoms with van der Waals surface area (Å²) < 4.78 is 16.0. The summed E-state index contributed by atoms with van der Waals surface area (Å²) in [6, 6.07) is 3.11. The van der Waals surface area contributed by atoms with Gasteiger partial charge in [0.15, 0.2) is 0 Å². The maximum absolute atomic E-state index is 12.0. The third-order valence-corrected chi connectivity index (χ3v) is 4.05. The summed E-state index contributed by atoms with van der Waals surface area (Å²) in [7, 11) is 4.77. The van der Waals surface area contributed by atoms with Gasteiger partial charge in [0, 0.05) is 24.2 Å². The molecule has 0 spiro atoms. The number of methoxy groups -OCH3 is 3. The Kier molecular flexibility index (Phi) is 7.68. The average Bonchev–Trinajstić information content (AvgIpc) is 2.59. The van der Waals surface area contributed by atoms with E-state index in [4.69, 9.17) is 19.9 Å². The van der Waals surface area contributed by atoms with Gasteiger partial charge in [0.25, 0.3) is 0 Å². The highest BCUT2D eigenvalue weighted by Crippen LogP contribution is 2.34. The lowest BCUT2D eigenvalue weighted by Gasteiger charge is -2.19. The van der Waals surface area contributed by atoms with Crippen LogP contribution >= 0.6 is 0 Å². The van der Waals surface area contributed by atoms with Crippen LogP contribution in [0.2, 0.25) is 0 Å². The van der Waals surface area contributed by atoms with Crippen LogP contribution in [0.5, 0.6) is 17.2 Å². The van der Waals surface area contributed by atoms with Crippen LogP contribution in [0.3, 0.4) is 0 Å². The van der Waals surface area contributed by atoms with Crippen molar-refractivity contribution in [1.82, 2.24) is 5.32 Å². The Bertz CT molecular complexity index is 494. The summed E-state index contributed by atoms with van der Waals surface area (Å²) in [6.45, 7) is 4.45. The van der Waals surface area contributed by atoms with E-state index in [1.165, 1.54) is 0 Å². The molecule has 1 aromatic rings. The largest absolute Gasteiger partial charge is 0.496 e. The van der Waals surface area contributed by atoms with Crippen molar-refractivity contribution in [1.29, 1.82) is 0 Å². The zero-order chi connectivity index (χ0) is 17.4. The molecule has 0 saturated carbocycles. The highest BCUT2D eigenvalue weighted by atomic mass is 16.5. The highest BCUT2D eigenvalue weighted by molar-refractivity contribution is 5.81. The van der Waals surface area contributed by atoms with Crippen LogP contribution in [-0.4, -0.2) is 39.8 Å². The number of amides is 1. The van der Waals surface area contributed by atoms with Crippen LogP contribution in [0.15, 0.2) is 12.1 Å². The molecule has 3 N–H and O–H groups in total. The molecule has 0 aliphatic heterocycles. The number of hydrogen-bond donors (Lipinski definition) is 2. The van der Waals surface area contributed by atoms with Gasteiger partial charge in [-0.3, -0.25) is 4.79 Å². The van der Waals surface area contributed by atoms with Crippen molar-refractivity contribution < 1.29 is 19.0 Å². The van der Waals surface area contributed by atoms with Crippen LogP contribution in [0.25, 0.3) is 0 Å². The molecule has 2 unspecified atom stereocenters. The molecule has 0 radical (unpaired) electrons. The molecule has 0 saturated heterocycles. The zero-order valence-electron chi connectivity index (χ0n) is 14.6. The topological polar surface area (TPSA) is 82.8 Å². The molecule has 0 fully saturated rings. The SMILES string of the molecule is CCC(C)C(N)C(=O)NCCc1c(OC)cc(OC)cc1OC. The number of nitrogens with two attached hydrogens (primary N) is 1. The van der Waals surface area contributed by atoms with Crippen LogP contribution in [0.4, 0.5) is 0 Å². The summed E-state index contributed by atoms with van der Waals surface area (Å²) in [5.41, 5.74) is 6.81. The van der Waals surface area contributed by atoms with Gasteiger partial charge in [-0.1, -0.05) is 20.3 Å². The molecule has 1 aromatic carbocycles. The van der Waals surface area contributed by atoms with E-state index in [1.54, 1.807) is 33.5 Å². The molecule has 6 heteroatoms. The van der Waals surface area contributed by atoms with E-state index in [-0.39, 0.29) is 11.8 Å². The van der Waals surface area contributed by atoms with E-state index in [9.17, 15) is 4.79 Å². The van der Waals surface area contributed by atoms with Crippen molar-refractivity contribution >= 4 is 5.91 Å². The minimum atomic E-state index is -0.486. The van der Waals surface area contributed by atoms with Crippen LogP contribution in [0, 0.1) is 5.92 Å². The second-order valence-corrected chi connectivity index (χ2v) is 5.46. The van der Waals surface area contributed by atoms with Gasteiger partial charge in [0.05, 0.1) is 27.4 Å². The first-order valence-electron chi connectivity index (χ1n) is 7.80. The van der Waals surface area contributed by atoms with E-state index in [1.807, 2.05) is 13.8 Å². The molecule has 1 amide bonds. The van der Waals surface area contributed by atoms with Crippen molar-refractivity contribution in [2.75, 3.05) is 27.9 Å². The average molecular weight is 324 g/mol. The predicted octanol–water partition coefficient (Wildman–Crippen LogP) is 1.74. The molecule has 2 atom stereocenters. The molecule has 0 aromatic heterocycles. The normalized spacial score (nSPS) is 13.1. The van der Waals surface area contributed by atoms with Gasteiger partial charge in [-0.2, -0.15) is 0 Å². The standard InChI is InChI=1S/C17H28N2O4/c1-6-11(2)16(18)17(20)19-8-7-13-14(22-4)9-12(21-3)10-15(13)23-5/h9-11,16H,6-8,18H2,1-5H3,(H,19,20). The molecule has 0 bridgehead atoms. The smallest absolute Gasteiger partial charge is 0.237 e. The zero-order valence-corrected chi connectivity index (χ0v) is 14.6. The Hall–Kier alpha value is -1.95. The quantitative estimate of drug-likeness (QED) is 0.723. The summed E-state index contributed by atoms with van der Waals surface area (Å²) in [5.74, 6) is 2.01. The Morgan fingerprint density at radius 1 is 1.17 bits per heavy atom. The van der Waals surface area contributed by atoms with Gasteiger partial charge < -0.3 is 25.3 Å². The Morgan fingerprint density at radius 3 is 2.17 bits per heavy atom. The third-order valence-electron chi connectivity index (χ3n) is 4.05. The first-order valence-corrected chi connectivity index (χ1v) is 7.80. The summed E-state index contributed by atoms with van der Waals surface area (Å²) in [6.07, 6.45) is 1.45. The van der Waals surface area contributed by atoms with Gasteiger partial charge >= 0.3 is 0 Å². The van der Waals surface area contributed by atoms with E-state index < -0.39 is 6.04 Å². The van der Waals surface area contributed by atoms with Crippen LogP contribution in [-0.2, 0) is 11.2 Å². The molecule has 0 heterocycles. The fourth-order valence-electron chi connectivity index (χ4n) is 2.27. The Labute approximate surface area is 138 Å². The van der Waals surface area contributed by atoms with Crippen molar-refractivity contribution in [3.63, 3.8) is 0 Å². The maximum Gasteiger partial charge on any atom is 0.237 e. The Morgan fingerprint density at radius 2 is 1.74 bits per heavy atom. The minimum absolute atomic E-state index is 0.134. The fraction of sp³-hybridized carbons (Fsp3) is 0.588. The van der Waals surface area contributed by atoms with Gasteiger partial charge in [-0.05, 0) is 12.3 Å². The number of ether oxygens (including phenoxy) is 3. The lowest BCUT2D eigenvalue weighted by Crippen LogP contribution is -2.45. The molecule has 6 nitrogen and oxygen atoms in total. The van der Waals surface area contributed by atoms with E-state index >= 15 is 0 Å². The number of nitrogens with one attached hydrogen (secondary N) is 1. The fourth-order valence-corrected chi connectivity index (χ4v) is 2.27. The third kappa shape index (κ3) is 5.03. The molecular formula is C17H28N2O4. The summed E-state index contributed by atoms with van der Waals surface area (Å²) in [5, 5.41) is 2.87. The molecule has 130 valence electrons. The highest BCUT2D eigenvalue weighted by Gasteiger charge is 2.19.